The molecule has 2 aromatic rings. The van der Waals surface area contributed by atoms with Crippen molar-refractivity contribution in [2.75, 3.05) is 0 Å². The summed E-state index contributed by atoms with van der Waals surface area (Å²) in [4.78, 5) is 0. The van der Waals surface area contributed by atoms with E-state index in [9.17, 15) is 0 Å². The highest BCUT2D eigenvalue weighted by atomic mass is 14.2. The van der Waals surface area contributed by atoms with E-state index in [1.807, 2.05) is 0 Å². The molecule has 1 aliphatic rings. The first-order chi connectivity index (χ1) is 8.76. The molecular formula is C18H20. The van der Waals surface area contributed by atoms with Crippen LogP contribution in [0.1, 0.15) is 40.3 Å². The third-order valence-electron chi connectivity index (χ3n) is 4.09. The van der Waals surface area contributed by atoms with Crippen molar-refractivity contribution in [3.63, 3.8) is 0 Å². The van der Waals surface area contributed by atoms with E-state index in [1.165, 1.54) is 35.1 Å². The monoisotopic (exact) mass is 236 g/mol. The molecule has 0 amide bonds. The number of hydrogen-bond donors (Lipinski definition) is 0. The van der Waals surface area contributed by atoms with E-state index in [0.29, 0.717) is 0 Å². The molecule has 0 radical (unpaired) electrons. The molecule has 0 aromatic heterocycles. The molecule has 0 unspecified atom stereocenters. The first-order valence-electron chi connectivity index (χ1n) is 6.95. The summed E-state index contributed by atoms with van der Waals surface area (Å²) in [5.74, 6) is 0. The molecule has 0 nitrogen and oxygen atoms in total. The molecule has 2 aromatic carbocycles. The van der Waals surface area contributed by atoms with E-state index in [0.717, 1.165) is 12.8 Å². The Kier molecular flexibility index (Phi) is 2.95. The van der Waals surface area contributed by atoms with Gasteiger partial charge in [0.05, 0.1) is 0 Å². The van der Waals surface area contributed by atoms with Gasteiger partial charge in [-0.1, -0.05) is 48.9 Å². The van der Waals surface area contributed by atoms with Crippen molar-refractivity contribution in [3.05, 3.63) is 69.8 Å². The summed E-state index contributed by atoms with van der Waals surface area (Å²) in [5, 5.41) is 0. The molecule has 0 atom stereocenters. The first-order valence-corrected chi connectivity index (χ1v) is 6.95. The number of rotatable bonds is 1. The fourth-order valence-corrected chi connectivity index (χ4v) is 2.94. The number of hydrogen-bond acceptors (Lipinski definition) is 0. The van der Waals surface area contributed by atoms with Crippen LogP contribution in [0.15, 0.2) is 36.4 Å². The second-order valence-electron chi connectivity index (χ2n) is 5.41. The Morgan fingerprint density at radius 3 is 2.44 bits per heavy atom. The molecule has 0 N–H and O–H groups in total. The topological polar surface area (TPSA) is 0 Å². The van der Waals surface area contributed by atoms with Gasteiger partial charge < -0.3 is 0 Å². The van der Waals surface area contributed by atoms with Gasteiger partial charge in [0.25, 0.3) is 0 Å². The lowest BCUT2D eigenvalue weighted by Crippen LogP contribution is -1.94. The molecule has 0 bridgehead atoms. The minimum Gasteiger partial charge on any atom is -0.0613 e. The van der Waals surface area contributed by atoms with Gasteiger partial charge in [-0.15, -0.1) is 0 Å². The van der Waals surface area contributed by atoms with E-state index in [-0.39, 0.29) is 0 Å². The van der Waals surface area contributed by atoms with Gasteiger partial charge in [0, 0.05) is 0 Å². The van der Waals surface area contributed by atoms with Gasteiger partial charge in [0.2, 0.25) is 0 Å². The number of fused-ring (bicyclic) bond motifs is 2. The van der Waals surface area contributed by atoms with Crippen LogP contribution in [0.25, 0.3) is 0 Å². The molecule has 0 heterocycles. The normalized spacial score (nSPS) is 13.7. The Morgan fingerprint density at radius 1 is 0.833 bits per heavy atom. The van der Waals surface area contributed by atoms with Crippen molar-refractivity contribution in [1.82, 2.24) is 0 Å². The second kappa shape index (κ2) is 4.61. The zero-order chi connectivity index (χ0) is 12.5. The predicted octanol–water partition coefficient (Wildman–Crippen LogP) is 4.25. The zero-order valence-corrected chi connectivity index (χ0v) is 11.3. The molecule has 0 heteroatoms. The van der Waals surface area contributed by atoms with E-state index >= 15 is 0 Å². The fourth-order valence-electron chi connectivity index (χ4n) is 2.94. The van der Waals surface area contributed by atoms with Crippen molar-refractivity contribution < 1.29 is 0 Å². The molecule has 3 rings (SSSR count). The molecular weight excluding hydrogens is 216 g/mol. The third kappa shape index (κ3) is 2.08. The summed E-state index contributed by atoms with van der Waals surface area (Å²) in [6.07, 6.45) is 4.62. The first kappa shape index (κ1) is 11.5. The zero-order valence-electron chi connectivity index (χ0n) is 11.3. The van der Waals surface area contributed by atoms with E-state index in [2.05, 4.69) is 50.2 Å². The van der Waals surface area contributed by atoms with Gasteiger partial charge in [0.1, 0.15) is 0 Å². The van der Waals surface area contributed by atoms with Crippen molar-refractivity contribution in [3.8, 4) is 0 Å². The van der Waals surface area contributed by atoms with Crippen LogP contribution in [0, 0.1) is 6.92 Å². The maximum atomic E-state index is 2.41. The molecule has 0 fully saturated rings. The Hall–Kier alpha value is -1.56. The van der Waals surface area contributed by atoms with Gasteiger partial charge in [0.15, 0.2) is 0 Å². The van der Waals surface area contributed by atoms with E-state index in [4.69, 9.17) is 0 Å². The van der Waals surface area contributed by atoms with Gasteiger partial charge in [-0.05, 0) is 60.4 Å². The molecule has 1 aliphatic carbocycles. The lowest BCUT2D eigenvalue weighted by molar-refractivity contribution is 0.960. The summed E-state index contributed by atoms with van der Waals surface area (Å²) in [5.41, 5.74) is 8.99. The standard InChI is InChI=1S/C18H20/c1-3-14-5-7-15-8-9-16-10-13(2)4-6-17(16)12-18(15)11-14/h4-7,10-11H,3,8-9,12H2,1-2H3. The highest BCUT2D eigenvalue weighted by Gasteiger charge is 2.13. The van der Waals surface area contributed by atoms with Crippen molar-refractivity contribution in [2.24, 2.45) is 0 Å². The molecule has 0 aliphatic heterocycles. The van der Waals surface area contributed by atoms with Crippen LogP contribution in [0.5, 0.6) is 0 Å². The minimum absolute atomic E-state index is 1.11. The van der Waals surface area contributed by atoms with Gasteiger partial charge in [-0.3, -0.25) is 0 Å². The summed E-state index contributed by atoms with van der Waals surface area (Å²) < 4.78 is 0. The molecule has 92 valence electrons. The van der Waals surface area contributed by atoms with E-state index < -0.39 is 0 Å². The van der Waals surface area contributed by atoms with Crippen molar-refractivity contribution in [2.45, 2.75) is 39.5 Å². The lowest BCUT2D eigenvalue weighted by Gasteiger charge is -2.08. The quantitative estimate of drug-likeness (QED) is 0.694. The van der Waals surface area contributed by atoms with Gasteiger partial charge in [-0.25, -0.2) is 0 Å². The largest absolute Gasteiger partial charge is 0.0613 e. The van der Waals surface area contributed by atoms with Crippen LogP contribution in [0.2, 0.25) is 0 Å². The summed E-state index contributed by atoms with van der Waals surface area (Å²) in [7, 11) is 0. The van der Waals surface area contributed by atoms with Gasteiger partial charge >= 0.3 is 0 Å². The predicted molar refractivity (Wildman–Crippen MR) is 77.2 cm³/mol. The third-order valence-corrected chi connectivity index (χ3v) is 4.09. The maximum Gasteiger partial charge on any atom is -0.00202 e. The van der Waals surface area contributed by atoms with Crippen LogP contribution < -0.4 is 0 Å². The number of aryl methyl sites for hydroxylation is 4. The van der Waals surface area contributed by atoms with Crippen LogP contribution >= 0.6 is 0 Å². The van der Waals surface area contributed by atoms with Crippen LogP contribution in [-0.2, 0) is 25.7 Å². The fraction of sp³-hybridized carbons (Fsp3) is 0.333. The SMILES string of the molecule is CCc1ccc2c(c1)Cc1ccc(C)cc1CC2. The van der Waals surface area contributed by atoms with Crippen LogP contribution in [0.3, 0.4) is 0 Å². The van der Waals surface area contributed by atoms with Crippen molar-refractivity contribution >= 4 is 0 Å². The Morgan fingerprint density at radius 2 is 1.61 bits per heavy atom. The molecule has 0 saturated heterocycles. The average molecular weight is 236 g/mol. The smallest absolute Gasteiger partial charge is 0.00202 e. The van der Waals surface area contributed by atoms with Crippen LogP contribution in [0.4, 0.5) is 0 Å². The Balaban J connectivity index is 2.04. The van der Waals surface area contributed by atoms with Gasteiger partial charge in [-0.2, -0.15) is 0 Å². The highest BCUT2D eigenvalue weighted by molar-refractivity contribution is 5.43. The maximum absolute atomic E-state index is 2.41. The molecule has 0 spiro atoms. The second-order valence-corrected chi connectivity index (χ2v) is 5.41. The lowest BCUT2D eigenvalue weighted by atomic mass is 9.97. The summed E-state index contributed by atoms with van der Waals surface area (Å²) in [6.45, 7) is 4.42. The summed E-state index contributed by atoms with van der Waals surface area (Å²) >= 11 is 0. The van der Waals surface area contributed by atoms with Crippen molar-refractivity contribution in [1.29, 1.82) is 0 Å². The molecule has 0 saturated carbocycles. The van der Waals surface area contributed by atoms with Crippen LogP contribution in [-0.4, -0.2) is 0 Å². The average Bonchev–Trinajstić information content (AvgIpc) is 2.56. The Labute approximate surface area is 110 Å². The molecule has 18 heavy (non-hydrogen) atoms. The number of benzene rings is 2. The Bertz CT molecular complexity index is 579. The summed E-state index contributed by atoms with van der Waals surface area (Å²) in [6, 6.07) is 14.0. The highest BCUT2D eigenvalue weighted by Crippen LogP contribution is 2.26. The minimum atomic E-state index is 1.11. The van der Waals surface area contributed by atoms with E-state index in [1.54, 1.807) is 11.1 Å².